The molecule has 23 heavy (non-hydrogen) atoms. The second kappa shape index (κ2) is 6.66. The highest BCUT2D eigenvalue weighted by Gasteiger charge is 2.25. The van der Waals surface area contributed by atoms with Crippen LogP contribution >= 0.6 is 11.3 Å². The van der Waals surface area contributed by atoms with E-state index in [-0.39, 0.29) is 11.9 Å². The van der Waals surface area contributed by atoms with Crippen LogP contribution in [0.15, 0.2) is 63.5 Å². The minimum Gasteiger partial charge on any atom is -0.464 e. The lowest BCUT2D eigenvalue weighted by atomic mass is 10.1. The average Bonchev–Trinajstić information content (AvgIpc) is 3.23. The molecule has 6 heteroatoms. The van der Waals surface area contributed by atoms with Crippen molar-refractivity contribution in [1.29, 1.82) is 0 Å². The number of para-hydroxylation sites is 1. The van der Waals surface area contributed by atoms with Gasteiger partial charge in [-0.2, -0.15) is 0 Å². The van der Waals surface area contributed by atoms with Gasteiger partial charge in [0, 0.05) is 17.3 Å². The van der Waals surface area contributed by atoms with Crippen molar-refractivity contribution in [3.05, 3.63) is 59.0 Å². The van der Waals surface area contributed by atoms with Gasteiger partial charge in [-0.15, -0.1) is 11.3 Å². The molecular formula is C17H17N3O2S. The van der Waals surface area contributed by atoms with E-state index in [9.17, 15) is 4.79 Å². The number of carbonyl (C=O) groups excluding carboxylic acids is 1. The Morgan fingerprint density at radius 2 is 2.09 bits per heavy atom. The molecule has 1 amide bonds. The highest BCUT2D eigenvalue weighted by atomic mass is 32.1. The predicted molar refractivity (Wildman–Crippen MR) is 92.3 cm³/mol. The van der Waals surface area contributed by atoms with E-state index in [0.717, 1.165) is 15.8 Å². The Kier molecular flexibility index (Phi) is 4.43. The van der Waals surface area contributed by atoms with Gasteiger partial charge in [0.1, 0.15) is 5.58 Å². The standard InChI is InChI=1S/C9H11N3OS.C8H6O/c1-12-8(13)5-6(11-9(12)10)7-3-2-4-14-7;1-2-4-8-7(3-1)5-6-9-8/h2-4,6H,5H2,1H3,(H2,10,11);1-6H. The maximum Gasteiger partial charge on any atom is 0.231 e. The number of fused-ring (bicyclic) bond motifs is 1. The number of aliphatic imine (C=N–C) groups is 1. The van der Waals surface area contributed by atoms with E-state index in [1.165, 1.54) is 4.90 Å². The van der Waals surface area contributed by atoms with Crippen LogP contribution in [0.3, 0.4) is 0 Å². The van der Waals surface area contributed by atoms with Crippen molar-refractivity contribution in [1.82, 2.24) is 4.90 Å². The fourth-order valence-corrected chi connectivity index (χ4v) is 3.04. The van der Waals surface area contributed by atoms with E-state index in [4.69, 9.17) is 10.2 Å². The van der Waals surface area contributed by atoms with Crippen LogP contribution in [0.4, 0.5) is 0 Å². The van der Waals surface area contributed by atoms with Crippen molar-refractivity contribution in [3.8, 4) is 0 Å². The topological polar surface area (TPSA) is 71.8 Å². The van der Waals surface area contributed by atoms with Gasteiger partial charge in [-0.1, -0.05) is 24.3 Å². The predicted octanol–water partition coefficient (Wildman–Crippen LogP) is 3.40. The number of nitrogens with zero attached hydrogens (tertiary/aromatic N) is 2. The van der Waals surface area contributed by atoms with E-state index in [0.29, 0.717) is 12.4 Å². The minimum atomic E-state index is -0.0845. The lowest BCUT2D eigenvalue weighted by molar-refractivity contribution is -0.127. The van der Waals surface area contributed by atoms with E-state index in [1.807, 2.05) is 47.8 Å². The second-order valence-corrected chi connectivity index (χ2v) is 6.11. The maximum atomic E-state index is 11.5. The molecule has 0 saturated carbocycles. The third kappa shape index (κ3) is 3.43. The van der Waals surface area contributed by atoms with Gasteiger partial charge in [0.05, 0.1) is 18.7 Å². The lowest BCUT2D eigenvalue weighted by Crippen LogP contribution is -2.42. The minimum absolute atomic E-state index is 0.0240. The molecule has 0 bridgehead atoms. The van der Waals surface area contributed by atoms with Crippen LogP contribution in [0.5, 0.6) is 0 Å². The van der Waals surface area contributed by atoms with E-state index in [2.05, 4.69) is 4.99 Å². The molecule has 0 aliphatic carbocycles. The Morgan fingerprint density at radius 1 is 1.26 bits per heavy atom. The molecule has 5 nitrogen and oxygen atoms in total. The number of hydrogen-bond acceptors (Lipinski definition) is 5. The number of benzene rings is 1. The zero-order valence-corrected chi connectivity index (χ0v) is 13.5. The van der Waals surface area contributed by atoms with Gasteiger partial charge in [-0.3, -0.25) is 9.69 Å². The number of guanidine groups is 1. The summed E-state index contributed by atoms with van der Waals surface area (Å²) in [6.45, 7) is 0. The van der Waals surface area contributed by atoms with E-state index >= 15 is 0 Å². The number of carbonyl (C=O) groups is 1. The number of rotatable bonds is 1. The highest BCUT2D eigenvalue weighted by Crippen LogP contribution is 2.28. The van der Waals surface area contributed by atoms with Gasteiger partial charge >= 0.3 is 0 Å². The SMILES string of the molecule is CN1C(=O)CC(c2cccs2)N=C1N.c1ccc2occc2c1. The fourth-order valence-electron chi connectivity index (χ4n) is 2.27. The molecule has 3 heterocycles. The van der Waals surface area contributed by atoms with Gasteiger partial charge in [0.15, 0.2) is 5.96 Å². The van der Waals surface area contributed by atoms with Crippen LogP contribution in [0, 0.1) is 0 Å². The molecule has 1 aromatic carbocycles. The Bertz CT molecular complexity index is 793. The summed E-state index contributed by atoms with van der Waals surface area (Å²) >= 11 is 1.60. The smallest absolute Gasteiger partial charge is 0.231 e. The molecule has 118 valence electrons. The molecule has 1 atom stereocenters. The van der Waals surface area contributed by atoms with Crippen molar-refractivity contribution < 1.29 is 9.21 Å². The van der Waals surface area contributed by atoms with E-state index < -0.39 is 0 Å². The molecule has 1 aliphatic rings. The molecule has 0 fully saturated rings. The van der Waals surface area contributed by atoms with Gasteiger partial charge in [0.25, 0.3) is 0 Å². The molecular weight excluding hydrogens is 310 g/mol. The summed E-state index contributed by atoms with van der Waals surface area (Å²) in [5.74, 6) is 0.329. The zero-order valence-electron chi connectivity index (χ0n) is 12.7. The number of hydrogen-bond donors (Lipinski definition) is 1. The monoisotopic (exact) mass is 327 g/mol. The first-order valence-corrected chi connectivity index (χ1v) is 8.08. The molecule has 0 saturated heterocycles. The van der Waals surface area contributed by atoms with E-state index in [1.54, 1.807) is 24.6 Å². The third-order valence-electron chi connectivity index (χ3n) is 3.61. The summed E-state index contributed by atoms with van der Waals surface area (Å²) in [5, 5.41) is 3.14. The first-order chi connectivity index (χ1) is 11.1. The first-order valence-electron chi connectivity index (χ1n) is 7.20. The summed E-state index contributed by atoms with van der Waals surface area (Å²) in [5.41, 5.74) is 6.58. The van der Waals surface area contributed by atoms with Crippen molar-refractivity contribution in [2.75, 3.05) is 7.05 Å². The van der Waals surface area contributed by atoms with Gasteiger partial charge in [0.2, 0.25) is 5.91 Å². The van der Waals surface area contributed by atoms with Crippen LogP contribution in [0.2, 0.25) is 0 Å². The van der Waals surface area contributed by atoms with Crippen molar-refractivity contribution in [2.24, 2.45) is 10.7 Å². The summed E-state index contributed by atoms with van der Waals surface area (Å²) in [6, 6.07) is 13.7. The average molecular weight is 327 g/mol. The molecule has 1 aliphatic heterocycles. The molecule has 1 unspecified atom stereocenters. The summed E-state index contributed by atoms with van der Waals surface area (Å²) < 4.78 is 5.12. The van der Waals surface area contributed by atoms with Crippen LogP contribution in [-0.4, -0.2) is 23.8 Å². The lowest BCUT2D eigenvalue weighted by Gasteiger charge is -2.24. The summed E-state index contributed by atoms with van der Waals surface area (Å²) in [6.07, 6.45) is 2.11. The molecule has 0 radical (unpaired) electrons. The third-order valence-corrected chi connectivity index (χ3v) is 4.58. The van der Waals surface area contributed by atoms with Crippen molar-refractivity contribution >= 4 is 34.2 Å². The summed E-state index contributed by atoms with van der Waals surface area (Å²) in [4.78, 5) is 18.2. The van der Waals surface area contributed by atoms with Gasteiger partial charge in [-0.25, -0.2) is 4.99 Å². The normalized spacial score (nSPS) is 17.6. The molecule has 4 rings (SSSR count). The number of amides is 1. The molecule has 0 spiro atoms. The maximum absolute atomic E-state index is 11.5. The van der Waals surface area contributed by atoms with Crippen molar-refractivity contribution in [2.45, 2.75) is 12.5 Å². The second-order valence-electron chi connectivity index (χ2n) is 5.13. The Hall–Kier alpha value is -2.60. The van der Waals surface area contributed by atoms with Crippen molar-refractivity contribution in [3.63, 3.8) is 0 Å². The quantitative estimate of drug-likeness (QED) is 0.744. The van der Waals surface area contributed by atoms with Crippen LogP contribution in [0.1, 0.15) is 17.3 Å². The fraction of sp³-hybridized carbons (Fsp3) is 0.176. The van der Waals surface area contributed by atoms with Crippen LogP contribution in [0.25, 0.3) is 11.0 Å². The number of furan rings is 1. The van der Waals surface area contributed by atoms with Gasteiger partial charge in [-0.05, 0) is 23.6 Å². The number of thiophene rings is 1. The largest absolute Gasteiger partial charge is 0.464 e. The van der Waals surface area contributed by atoms with Crippen LogP contribution < -0.4 is 5.73 Å². The molecule has 2 N–H and O–H groups in total. The summed E-state index contributed by atoms with van der Waals surface area (Å²) in [7, 11) is 1.64. The van der Waals surface area contributed by atoms with Gasteiger partial charge < -0.3 is 10.2 Å². The Balaban J connectivity index is 0.000000149. The highest BCUT2D eigenvalue weighted by molar-refractivity contribution is 7.10. The molecule has 3 aromatic rings. The van der Waals surface area contributed by atoms with Crippen LogP contribution in [-0.2, 0) is 4.79 Å². The molecule has 2 aromatic heterocycles. The Morgan fingerprint density at radius 3 is 2.78 bits per heavy atom. The Labute approximate surface area is 138 Å². The zero-order chi connectivity index (χ0) is 16.2. The number of nitrogens with two attached hydrogens (primary N) is 1. The first kappa shape index (κ1) is 15.3.